The Bertz CT molecular complexity index is 1400. The van der Waals surface area contributed by atoms with E-state index in [4.69, 9.17) is 9.47 Å². The van der Waals surface area contributed by atoms with Crippen LogP contribution in [0.2, 0.25) is 0 Å². The maximum Gasteiger partial charge on any atom is 0.411 e. The zero-order valence-corrected chi connectivity index (χ0v) is 20.2. The van der Waals surface area contributed by atoms with Crippen molar-refractivity contribution in [1.29, 1.82) is 5.26 Å². The van der Waals surface area contributed by atoms with E-state index in [0.29, 0.717) is 30.4 Å². The minimum absolute atomic E-state index is 0.200. The summed E-state index contributed by atoms with van der Waals surface area (Å²) in [4.78, 5) is 13.4. The summed E-state index contributed by atoms with van der Waals surface area (Å²) < 4.78 is 13.4. The average molecular weight is 486 g/mol. The molecule has 2 aromatic carbocycles. The molecule has 0 saturated heterocycles. The molecule has 1 fully saturated rings. The fraction of sp³-hybridized carbons (Fsp3) is 0.346. The summed E-state index contributed by atoms with van der Waals surface area (Å²) in [7, 11) is 0. The molecule has 0 radical (unpaired) electrons. The van der Waals surface area contributed by atoms with Crippen molar-refractivity contribution in [2.75, 3.05) is 11.9 Å². The number of nitriles is 1. The molecule has 5 rings (SSSR count). The van der Waals surface area contributed by atoms with E-state index >= 15 is 0 Å². The van der Waals surface area contributed by atoms with Crippen molar-refractivity contribution in [1.82, 2.24) is 24.8 Å². The first-order chi connectivity index (χ1) is 17.5. The number of tetrazole rings is 1. The van der Waals surface area contributed by atoms with Gasteiger partial charge >= 0.3 is 6.09 Å². The van der Waals surface area contributed by atoms with Gasteiger partial charge in [0.15, 0.2) is 6.33 Å². The lowest BCUT2D eigenvalue weighted by Crippen LogP contribution is -2.18. The van der Waals surface area contributed by atoms with Crippen molar-refractivity contribution < 1.29 is 14.3 Å². The van der Waals surface area contributed by atoms with E-state index in [-0.39, 0.29) is 6.10 Å². The number of nitrogens with zero attached hydrogens (tertiary/aromatic N) is 6. The molecular weight excluding hydrogens is 458 g/mol. The van der Waals surface area contributed by atoms with Gasteiger partial charge in [-0.25, -0.2) is 4.79 Å². The smallest absolute Gasteiger partial charge is 0.411 e. The fourth-order valence-corrected chi connectivity index (χ4v) is 4.41. The van der Waals surface area contributed by atoms with Crippen LogP contribution in [0.3, 0.4) is 0 Å². The van der Waals surface area contributed by atoms with Crippen LogP contribution in [0.1, 0.15) is 44.7 Å². The first-order valence-corrected chi connectivity index (χ1v) is 12.0. The Balaban J connectivity index is 1.47. The number of carbonyl (C=O) groups is 1. The Morgan fingerprint density at radius 2 is 2.03 bits per heavy atom. The van der Waals surface area contributed by atoms with Gasteiger partial charge < -0.3 is 14.0 Å². The Morgan fingerprint density at radius 3 is 2.67 bits per heavy atom. The van der Waals surface area contributed by atoms with Crippen LogP contribution in [0.5, 0.6) is 5.75 Å². The summed E-state index contributed by atoms with van der Waals surface area (Å²) >= 11 is 0. The highest BCUT2D eigenvalue weighted by molar-refractivity contribution is 5.96. The van der Waals surface area contributed by atoms with Gasteiger partial charge in [0.1, 0.15) is 18.4 Å². The second-order valence-electron chi connectivity index (χ2n) is 9.01. The van der Waals surface area contributed by atoms with Crippen molar-refractivity contribution in [2.45, 2.75) is 51.8 Å². The third-order valence-electron chi connectivity index (χ3n) is 6.23. The van der Waals surface area contributed by atoms with Crippen molar-refractivity contribution in [3.63, 3.8) is 0 Å². The summed E-state index contributed by atoms with van der Waals surface area (Å²) in [5.74, 6) is 0.722. The zero-order chi connectivity index (χ0) is 25.1. The molecule has 2 aromatic heterocycles. The predicted octanol–water partition coefficient (Wildman–Crippen LogP) is 4.93. The van der Waals surface area contributed by atoms with Gasteiger partial charge in [0.2, 0.25) is 0 Å². The number of hydrogen-bond donors (Lipinski definition) is 1. The quantitative estimate of drug-likeness (QED) is 0.376. The SMILES string of the molecule is CC(C)OC(=O)Nc1ccc(-c2c(C#N)c3ccc(OCCn4ncnn4)cc3n2C2CCC2)cc1. The summed E-state index contributed by atoms with van der Waals surface area (Å²) in [5.41, 5.74) is 4.04. The largest absolute Gasteiger partial charge is 0.492 e. The second kappa shape index (κ2) is 10.1. The number of nitrogens with one attached hydrogen (secondary N) is 1. The number of aromatic nitrogens is 5. The van der Waals surface area contributed by atoms with Gasteiger partial charge in [-0.05, 0) is 68.2 Å². The number of hydrogen-bond acceptors (Lipinski definition) is 7. The number of carbonyl (C=O) groups excluding carboxylic acids is 1. The molecule has 4 aromatic rings. The molecule has 184 valence electrons. The maximum absolute atomic E-state index is 12.0. The van der Waals surface area contributed by atoms with Gasteiger partial charge in [-0.3, -0.25) is 5.32 Å². The van der Waals surface area contributed by atoms with Crippen LogP contribution in [0.4, 0.5) is 10.5 Å². The van der Waals surface area contributed by atoms with Gasteiger partial charge in [0, 0.05) is 23.2 Å². The van der Waals surface area contributed by atoms with Gasteiger partial charge in [-0.1, -0.05) is 12.1 Å². The molecule has 0 bridgehead atoms. The van der Waals surface area contributed by atoms with Gasteiger partial charge in [-0.2, -0.15) is 10.1 Å². The molecule has 0 spiro atoms. The summed E-state index contributed by atoms with van der Waals surface area (Å²) in [6, 6.07) is 16.1. The van der Waals surface area contributed by atoms with E-state index in [9.17, 15) is 10.1 Å². The van der Waals surface area contributed by atoms with Gasteiger partial charge in [0.25, 0.3) is 0 Å². The lowest BCUT2D eigenvalue weighted by atomic mass is 9.92. The normalized spacial score (nSPS) is 13.4. The summed E-state index contributed by atoms with van der Waals surface area (Å²) in [6.07, 6.45) is 3.98. The molecule has 2 heterocycles. The maximum atomic E-state index is 12.0. The molecule has 1 aliphatic rings. The summed E-state index contributed by atoms with van der Waals surface area (Å²) in [6.45, 7) is 4.49. The molecule has 10 nitrogen and oxygen atoms in total. The van der Waals surface area contributed by atoms with Crippen molar-refractivity contribution in [2.24, 2.45) is 0 Å². The Labute approximate surface area is 208 Å². The van der Waals surface area contributed by atoms with Crippen molar-refractivity contribution >= 4 is 22.7 Å². The molecule has 1 N–H and O–H groups in total. The number of fused-ring (bicyclic) bond motifs is 1. The third-order valence-corrected chi connectivity index (χ3v) is 6.23. The predicted molar refractivity (Wildman–Crippen MR) is 134 cm³/mol. The van der Waals surface area contributed by atoms with Crippen LogP contribution in [-0.2, 0) is 11.3 Å². The first kappa shape index (κ1) is 23.4. The number of rotatable bonds is 8. The van der Waals surface area contributed by atoms with Crippen LogP contribution in [0.25, 0.3) is 22.2 Å². The lowest BCUT2D eigenvalue weighted by Gasteiger charge is -2.30. The third kappa shape index (κ3) is 4.73. The first-order valence-electron chi connectivity index (χ1n) is 12.0. The molecule has 0 atom stereocenters. The molecule has 36 heavy (non-hydrogen) atoms. The Morgan fingerprint density at radius 1 is 1.22 bits per heavy atom. The van der Waals surface area contributed by atoms with E-state index in [2.05, 4.69) is 31.4 Å². The highest BCUT2D eigenvalue weighted by atomic mass is 16.6. The number of benzene rings is 2. The molecule has 1 aliphatic carbocycles. The van der Waals surface area contributed by atoms with E-state index in [0.717, 1.165) is 47.2 Å². The molecule has 1 amide bonds. The van der Waals surface area contributed by atoms with Crippen molar-refractivity contribution in [3.8, 4) is 23.1 Å². The van der Waals surface area contributed by atoms with Crippen LogP contribution < -0.4 is 10.1 Å². The highest BCUT2D eigenvalue weighted by Gasteiger charge is 2.28. The average Bonchev–Trinajstić information content (AvgIpc) is 3.44. The standard InChI is InChI=1S/C26H27N7O3/c1-17(2)36-26(34)30-19-8-6-18(7-9-19)25-23(15-27)22-11-10-21(35-13-12-32-29-16-28-31-32)14-24(22)33(25)20-4-3-5-20/h6-11,14,16-17,20H,3-5,12-13H2,1-2H3,(H,30,34). The van der Waals surface area contributed by atoms with Gasteiger partial charge in [0.05, 0.1) is 29.4 Å². The number of anilines is 1. The molecule has 1 saturated carbocycles. The van der Waals surface area contributed by atoms with Crippen LogP contribution in [-0.4, -0.2) is 43.6 Å². The van der Waals surface area contributed by atoms with E-state index in [1.165, 1.54) is 11.1 Å². The zero-order valence-electron chi connectivity index (χ0n) is 20.2. The Kier molecular flexibility index (Phi) is 6.54. The fourth-order valence-electron chi connectivity index (χ4n) is 4.41. The second-order valence-corrected chi connectivity index (χ2v) is 9.01. The van der Waals surface area contributed by atoms with Gasteiger partial charge in [-0.15, -0.1) is 10.2 Å². The molecule has 10 heteroatoms. The molecular formula is C26H27N7O3. The number of ether oxygens (including phenoxy) is 2. The highest BCUT2D eigenvalue weighted by Crippen LogP contribution is 2.43. The van der Waals surface area contributed by atoms with Crippen LogP contribution in [0, 0.1) is 11.3 Å². The number of amides is 1. The van der Waals surface area contributed by atoms with Crippen molar-refractivity contribution in [3.05, 3.63) is 54.4 Å². The minimum atomic E-state index is -0.494. The van der Waals surface area contributed by atoms with E-state index < -0.39 is 6.09 Å². The molecule has 0 aliphatic heterocycles. The topological polar surface area (TPSA) is 120 Å². The monoisotopic (exact) mass is 485 g/mol. The molecule has 0 unspecified atom stereocenters. The lowest BCUT2D eigenvalue weighted by molar-refractivity contribution is 0.130. The minimum Gasteiger partial charge on any atom is -0.492 e. The van der Waals surface area contributed by atoms with Crippen LogP contribution >= 0.6 is 0 Å². The van der Waals surface area contributed by atoms with E-state index in [1.54, 1.807) is 13.8 Å². The van der Waals surface area contributed by atoms with Crippen LogP contribution in [0.15, 0.2) is 48.8 Å². The summed E-state index contributed by atoms with van der Waals surface area (Å²) in [5, 5.41) is 25.3. The van der Waals surface area contributed by atoms with E-state index in [1.807, 2.05) is 42.5 Å². The Hall–Kier alpha value is -4.39.